The van der Waals surface area contributed by atoms with Crippen LogP contribution in [0.4, 0.5) is 0 Å². The molecule has 18 heavy (non-hydrogen) atoms. The van der Waals surface area contributed by atoms with Gasteiger partial charge in [-0.1, -0.05) is 58.3 Å². The summed E-state index contributed by atoms with van der Waals surface area (Å²) < 4.78 is 0. The van der Waals surface area contributed by atoms with Gasteiger partial charge in [-0.2, -0.15) is 0 Å². The van der Waals surface area contributed by atoms with Gasteiger partial charge in [-0.15, -0.1) is 11.6 Å². The fraction of sp³-hybridized carbons (Fsp3) is 0.938. The third-order valence-electron chi connectivity index (χ3n) is 3.40. The Balaban J connectivity index is 3.12. The second-order valence-electron chi connectivity index (χ2n) is 5.26. The van der Waals surface area contributed by atoms with Crippen molar-refractivity contribution in [2.45, 2.75) is 90.4 Å². The molecule has 1 nitrogen and oxygen atoms in total. The Morgan fingerprint density at radius 1 is 0.722 bits per heavy atom. The normalized spacial score (nSPS) is 10.8. The van der Waals surface area contributed by atoms with Crippen LogP contribution in [0.1, 0.15) is 90.4 Å². The van der Waals surface area contributed by atoms with Crippen LogP contribution >= 0.6 is 11.6 Å². The van der Waals surface area contributed by atoms with Gasteiger partial charge in [0.1, 0.15) is 5.78 Å². The number of halogens is 1. The van der Waals surface area contributed by atoms with Crippen LogP contribution in [0.3, 0.4) is 0 Å². The van der Waals surface area contributed by atoms with Crippen LogP contribution in [0.15, 0.2) is 0 Å². The van der Waals surface area contributed by atoms with Crippen molar-refractivity contribution in [3.63, 3.8) is 0 Å². The van der Waals surface area contributed by atoms with Crippen molar-refractivity contribution < 1.29 is 4.79 Å². The predicted octanol–water partition coefficient (Wildman–Crippen LogP) is 5.89. The van der Waals surface area contributed by atoms with Crippen LogP contribution < -0.4 is 0 Å². The number of hydrogen-bond donors (Lipinski definition) is 0. The van der Waals surface area contributed by atoms with Gasteiger partial charge in [-0.05, 0) is 19.3 Å². The monoisotopic (exact) mass is 274 g/mol. The van der Waals surface area contributed by atoms with Gasteiger partial charge in [-0.3, -0.25) is 4.79 Å². The number of alkyl halides is 1. The minimum absolute atomic E-state index is 0.467. The minimum atomic E-state index is 0.467. The summed E-state index contributed by atoms with van der Waals surface area (Å²) in [7, 11) is 0. The molecule has 0 aromatic carbocycles. The molecule has 0 aliphatic rings. The van der Waals surface area contributed by atoms with Gasteiger partial charge in [0.15, 0.2) is 0 Å². The van der Waals surface area contributed by atoms with Crippen LogP contribution in [-0.4, -0.2) is 11.7 Å². The Bertz CT molecular complexity index is 180. The maximum atomic E-state index is 11.6. The number of carbonyl (C=O) groups excluding carboxylic acids is 1. The first-order valence-electron chi connectivity index (χ1n) is 7.89. The van der Waals surface area contributed by atoms with E-state index in [1.807, 2.05) is 0 Å². The Hall–Kier alpha value is -0.0400. The number of ketones is 1. The Kier molecular flexibility index (Phi) is 15.0. The highest BCUT2D eigenvalue weighted by Gasteiger charge is 2.01. The van der Waals surface area contributed by atoms with Crippen LogP contribution in [0.25, 0.3) is 0 Å². The molecule has 0 amide bonds. The summed E-state index contributed by atoms with van der Waals surface area (Å²) in [6.45, 7) is 2.24. The van der Waals surface area contributed by atoms with Crippen molar-refractivity contribution in [3.8, 4) is 0 Å². The molecular formula is C16H31ClO. The van der Waals surface area contributed by atoms with Gasteiger partial charge < -0.3 is 0 Å². The lowest BCUT2D eigenvalue weighted by Gasteiger charge is -2.02. The lowest BCUT2D eigenvalue weighted by atomic mass is 10.0. The molecule has 0 heterocycles. The van der Waals surface area contributed by atoms with Crippen LogP contribution in [0.2, 0.25) is 0 Å². The van der Waals surface area contributed by atoms with Crippen molar-refractivity contribution in [1.82, 2.24) is 0 Å². The number of carbonyl (C=O) groups is 1. The molecule has 0 aliphatic carbocycles. The van der Waals surface area contributed by atoms with Crippen LogP contribution in [0, 0.1) is 0 Å². The Morgan fingerprint density at radius 3 is 1.67 bits per heavy atom. The summed E-state index contributed by atoms with van der Waals surface area (Å²) in [6.07, 6.45) is 15.1. The molecule has 0 saturated carbocycles. The molecule has 0 atom stereocenters. The highest BCUT2D eigenvalue weighted by molar-refractivity contribution is 6.17. The summed E-state index contributed by atoms with van der Waals surface area (Å²) in [5, 5.41) is 0. The SMILES string of the molecule is CCCCCCCCCC(=O)CCCCCCCl. The average Bonchev–Trinajstić information content (AvgIpc) is 2.37. The summed E-state index contributed by atoms with van der Waals surface area (Å²) in [5.74, 6) is 1.22. The molecule has 0 fully saturated rings. The largest absolute Gasteiger partial charge is 0.300 e. The summed E-state index contributed by atoms with van der Waals surface area (Å²) >= 11 is 5.61. The predicted molar refractivity (Wildman–Crippen MR) is 81.4 cm³/mol. The van der Waals surface area contributed by atoms with Crippen LogP contribution in [0.5, 0.6) is 0 Å². The minimum Gasteiger partial charge on any atom is -0.300 e. The quantitative estimate of drug-likeness (QED) is 0.285. The maximum Gasteiger partial charge on any atom is 0.132 e. The van der Waals surface area contributed by atoms with Gasteiger partial charge in [0.05, 0.1) is 0 Å². The second kappa shape index (κ2) is 15.0. The molecule has 0 rings (SSSR count). The van der Waals surface area contributed by atoms with Crippen molar-refractivity contribution in [3.05, 3.63) is 0 Å². The van der Waals surface area contributed by atoms with E-state index < -0.39 is 0 Å². The standard InChI is InChI=1S/C16H31ClO/c1-2-3-4-5-6-7-10-13-16(18)14-11-8-9-12-15-17/h2-15H2,1H3. The molecule has 0 aromatic rings. The summed E-state index contributed by atoms with van der Waals surface area (Å²) in [5.41, 5.74) is 0. The molecule has 0 unspecified atom stereocenters. The van der Waals surface area contributed by atoms with E-state index in [1.54, 1.807) is 0 Å². The molecule has 0 bridgehead atoms. The lowest BCUT2D eigenvalue weighted by molar-refractivity contribution is -0.119. The summed E-state index contributed by atoms with van der Waals surface area (Å²) in [6, 6.07) is 0. The Labute approximate surface area is 119 Å². The van der Waals surface area contributed by atoms with Gasteiger partial charge in [-0.25, -0.2) is 0 Å². The van der Waals surface area contributed by atoms with Crippen molar-refractivity contribution in [2.24, 2.45) is 0 Å². The van der Waals surface area contributed by atoms with Crippen molar-refractivity contribution in [1.29, 1.82) is 0 Å². The van der Waals surface area contributed by atoms with E-state index in [-0.39, 0.29) is 0 Å². The van der Waals surface area contributed by atoms with E-state index in [1.165, 1.54) is 44.9 Å². The first kappa shape index (κ1) is 18.0. The first-order valence-corrected chi connectivity index (χ1v) is 8.42. The fourth-order valence-corrected chi connectivity index (χ4v) is 2.36. The summed E-state index contributed by atoms with van der Waals surface area (Å²) in [4.78, 5) is 11.6. The molecule has 0 saturated heterocycles. The number of Topliss-reactive ketones (excluding diaryl/α,β-unsaturated/α-hetero) is 1. The average molecular weight is 275 g/mol. The van der Waals surface area contributed by atoms with Gasteiger partial charge in [0.25, 0.3) is 0 Å². The number of unbranched alkanes of at least 4 members (excludes halogenated alkanes) is 9. The van der Waals surface area contributed by atoms with E-state index >= 15 is 0 Å². The molecule has 0 radical (unpaired) electrons. The smallest absolute Gasteiger partial charge is 0.132 e. The fourth-order valence-electron chi connectivity index (χ4n) is 2.17. The van der Waals surface area contributed by atoms with E-state index in [0.717, 1.165) is 44.4 Å². The maximum absolute atomic E-state index is 11.6. The zero-order valence-corrected chi connectivity index (χ0v) is 12.9. The highest BCUT2D eigenvalue weighted by Crippen LogP contribution is 2.11. The zero-order chi connectivity index (χ0) is 13.5. The molecule has 108 valence electrons. The lowest BCUT2D eigenvalue weighted by Crippen LogP contribution is -1.97. The van der Waals surface area contributed by atoms with E-state index in [4.69, 9.17) is 11.6 Å². The molecule has 0 N–H and O–H groups in total. The second-order valence-corrected chi connectivity index (χ2v) is 5.64. The van der Waals surface area contributed by atoms with Crippen LogP contribution in [-0.2, 0) is 4.79 Å². The van der Waals surface area contributed by atoms with Gasteiger partial charge in [0, 0.05) is 18.7 Å². The first-order chi connectivity index (χ1) is 8.81. The van der Waals surface area contributed by atoms with E-state index in [0.29, 0.717) is 5.78 Å². The molecule has 0 spiro atoms. The van der Waals surface area contributed by atoms with Crippen molar-refractivity contribution in [2.75, 3.05) is 5.88 Å². The molecular weight excluding hydrogens is 244 g/mol. The van der Waals surface area contributed by atoms with E-state index in [2.05, 4.69) is 6.92 Å². The zero-order valence-electron chi connectivity index (χ0n) is 12.2. The Morgan fingerprint density at radius 2 is 1.17 bits per heavy atom. The topological polar surface area (TPSA) is 17.1 Å². The highest BCUT2D eigenvalue weighted by atomic mass is 35.5. The molecule has 2 heteroatoms. The van der Waals surface area contributed by atoms with Gasteiger partial charge >= 0.3 is 0 Å². The molecule has 0 aromatic heterocycles. The van der Waals surface area contributed by atoms with E-state index in [9.17, 15) is 4.79 Å². The van der Waals surface area contributed by atoms with Crippen molar-refractivity contribution >= 4 is 17.4 Å². The third-order valence-corrected chi connectivity index (χ3v) is 3.67. The third kappa shape index (κ3) is 14.0. The van der Waals surface area contributed by atoms with Gasteiger partial charge in [0.2, 0.25) is 0 Å². The number of rotatable bonds is 14. The number of hydrogen-bond acceptors (Lipinski definition) is 1. The molecule has 0 aliphatic heterocycles.